The van der Waals surface area contributed by atoms with Crippen LogP contribution in [-0.2, 0) is 27.1 Å². The summed E-state index contributed by atoms with van der Waals surface area (Å²) >= 11 is 6.14. The number of carboxylic acids is 1. The van der Waals surface area contributed by atoms with Crippen molar-refractivity contribution in [3.63, 3.8) is 0 Å². The highest BCUT2D eigenvalue weighted by atomic mass is 35.5. The van der Waals surface area contributed by atoms with Gasteiger partial charge in [-0.2, -0.15) is 4.98 Å². The molecule has 0 bridgehead atoms. The second kappa shape index (κ2) is 10.1. The first-order valence-corrected chi connectivity index (χ1v) is 11.6. The molecule has 5 atom stereocenters. The summed E-state index contributed by atoms with van der Waals surface area (Å²) < 4.78 is 17.8. The number of aryl methyl sites for hydroxylation is 1. The maximum absolute atomic E-state index is 11.7. The van der Waals surface area contributed by atoms with Gasteiger partial charge in [-0.25, -0.2) is 14.8 Å². The standard InChI is InChI=1S/C23H26ClN5O7/c1-5-23(33)16(9-34-15(21(31)32)8-13-7-12(4)36-28-13)35-20(18(23)30)29-10-25-17-14(6-11(2)3)26-22(24)27-19(17)29/h1,7,10-11,15-16,18,20,30,33H,6,8-9H2,2-4H3,(H,31,32)/t15?,16-,18+,20-,23-/m1/s1. The molecular formula is C23H26ClN5O7. The van der Waals surface area contributed by atoms with Crippen LogP contribution in [0.5, 0.6) is 0 Å². The minimum Gasteiger partial charge on any atom is -0.479 e. The van der Waals surface area contributed by atoms with Gasteiger partial charge in [0.2, 0.25) is 5.28 Å². The van der Waals surface area contributed by atoms with Crippen LogP contribution in [0.15, 0.2) is 16.9 Å². The van der Waals surface area contributed by atoms with Gasteiger partial charge in [0.1, 0.15) is 23.5 Å². The molecule has 0 spiro atoms. The summed E-state index contributed by atoms with van der Waals surface area (Å²) in [5, 5.41) is 35.4. The van der Waals surface area contributed by atoms with Crippen LogP contribution in [0.3, 0.4) is 0 Å². The number of aliphatic hydroxyl groups excluding tert-OH is 1. The molecule has 12 nitrogen and oxygen atoms in total. The van der Waals surface area contributed by atoms with E-state index >= 15 is 0 Å². The van der Waals surface area contributed by atoms with Gasteiger partial charge in [0.15, 0.2) is 23.6 Å². The van der Waals surface area contributed by atoms with Crippen molar-refractivity contribution in [1.29, 1.82) is 0 Å². The lowest BCUT2D eigenvalue weighted by atomic mass is 9.93. The van der Waals surface area contributed by atoms with Crippen molar-refractivity contribution in [3.05, 3.63) is 34.8 Å². The third-order valence-corrected chi connectivity index (χ3v) is 6.05. The van der Waals surface area contributed by atoms with Gasteiger partial charge in [-0.3, -0.25) is 4.57 Å². The number of nitrogens with zero attached hydrogens (tertiary/aromatic N) is 5. The Morgan fingerprint density at radius 3 is 2.75 bits per heavy atom. The van der Waals surface area contributed by atoms with Gasteiger partial charge in [-0.15, -0.1) is 6.42 Å². The van der Waals surface area contributed by atoms with Crippen LogP contribution in [0, 0.1) is 25.2 Å². The van der Waals surface area contributed by atoms with Gasteiger partial charge in [-0.1, -0.05) is 24.9 Å². The Kier molecular flexibility index (Phi) is 7.31. The van der Waals surface area contributed by atoms with E-state index in [9.17, 15) is 20.1 Å². The van der Waals surface area contributed by atoms with Crippen molar-refractivity contribution in [2.24, 2.45) is 5.92 Å². The van der Waals surface area contributed by atoms with Crippen molar-refractivity contribution in [2.45, 2.75) is 63.8 Å². The zero-order chi connectivity index (χ0) is 26.2. The smallest absolute Gasteiger partial charge is 0.333 e. The minimum atomic E-state index is -2.19. The lowest BCUT2D eigenvalue weighted by molar-refractivity contribution is -0.156. The number of ether oxygens (including phenoxy) is 2. The third-order valence-electron chi connectivity index (χ3n) is 5.88. The molecule has 0 aliphatic carbocycles. The van der Waals surface area contributed by atoms with Gasteiger partial charge in [0.05, 0.1) is 24.3 Å². The summed E-state index contributed by atoms with van der Waals surface area (Å²) in [4.78, 5) is 24.6. The van der Waals surface area contributed by atoms with E-state index in [-0.39, 0.29) is 17.6 Å². The fourth-order valence-corrected chi connectivity index (χ4v) is 4.28. The Bertz CT molecular complexity index is 1300. The highest BCUT2D eigenvalue weighted by molar-refractivity contribution is 6.28. The van der Waals surface area contributed by atoms with E-state index in [0.717, 1.165) is 0 Å². The fourth-order valence-electron chi connectivity index (χ4n) is 4.10. The average molecular weight is 520 g/mol. The summed E-state index contributed by atoms with van der Waals surface area (Å²) in [5.74, 6) is 1.71. The number of rotatable bonds is 9. The van der Waals surface area contributed by atoms with Gasteiger partial charge in [0.25, 0.3) is 0 Å². The highest BCUT2D eigenvalue weighted by Crippen LogP contribution is 2.39. The van der Waals surface area contributed by atoms with E-state index < -0.39 is 42.7 Å². The summed E-state index contributed by atoms with van der Waals surface area (Å²) in [7, 11) is 0. The van der Waals surface area contributed by atoms with Crippen LogP contribution in [0.2, 0.25) is 5.28 Å². The van der Waals surface area contributed by atoms with Gasteiger partial charge in [-0.05, 0) is 30.9 Å². The van der Waals surface area contributed by atoms with E-state index in [2.05, 4.69) is 26.0 Å². The number of hydrogen-bond acceptors (Lipinski definition) is 10. The Morgan fingerprint density at radius 1 is 1.39 bits per heavy atom. The molecule has 3 N–H and O–H groups in total. The number of aromatic nitrogens is 5. The molecule has 3 aromatic heterocycles. The number of terminal acetylenes is 1. The van der Waals surface area contributed by atoms with Crippen LogP contribution in [-0.4, -0.2) is 76.5 Å². The molecule has 1 aliphatic heterocycles. The van der Waals surface area contributed by atoms with E-state index in [0.29, 0.717) is 34.7 Å². The number of imidazole rings is 1. The zero-order valence-electron chi connectivity index (χ0n) is 19.8. The lowest BCUT2D eigenvalue weighted by Crippen LogP contribution is -2.48. The molecular weight excluding hydrogens is 494 g/mol. The van der Waals surface area contributed by atoms with Gasteiger partial charge < -0.3 is 29.3 Å². The predicted molar refractivity (Wildman–Crippen MR) is 125 cm³/mol. The van der Waals surface area contributed by atoms with Crippen molar-refractivity contribution in [3.8, 4) is 12.3 Å². The van der Waals surface area contributed by atoms with E-state index in [1.165, 1.54) is 10.9 Å². The molecule has 0 radical (unpaired) electrons. The first-order valence-electron chi connectivity index (χ1n) is 11.2. The molecule has 4 rings (SSSR count). The molecule has 13 heteroatoms. The molecule has 36 heavy (non-hydrogen) atoms. The lowest BCUT2D eigenvalue weighted by Gasteiger charge is -2.26. The van der Waals surface area contributed by atoms with Gasteiger partial charge in [0, 0.05) is 12.5 Å². The Balaban J connectivity index is 1.58. The summed E-state index contributed by atoms with van der Waals surface area (Å²) in [6, 6.07) is 1.59. The van der Waals surface area contributed by atoms with E-state index in [1.54, 1.807) is 13.0 Å². The number of hydrogen-bond donors (Lipinski definition) is 3. The fraction of sp³-hybridized carbons (Fsp3) is 0.522. The molecule has 1 saturated heterocycles. The van der Waals surface area contributed by atoms with Crippen molar-refractivity contribution >= 4 is 28.7 Å². The number of carbonyl (C=O) groups is 1. The van der Waals surface area contributed by atoms with Crippen molar-refractivity contribution in [2.75, 3.05) is 6.61 Å². The quantitative estimate of drug-likeness (QED) is 0.275. The Hall–Kier alpha value is -3.08. The Morgan fingerprint density at radius 2 is 2.14 bits per heavy atom. The highest BCUT2D eigenvalue weighted by Gasteiger charge is 2.56. The molecule has 3 aromatic rings. The third kappa shape index (κ3) is 4.93. The van der Waals surface area contributed by atoms with Crippen LogP contribution in [0.1, 0.15) is 37.2 Å². The molecule has 1 unspecified atom stereocenters. The topological polar surface area (TPSA) is 166 Å². The average Bonchev–Trinajstić information content (AvgIpc) is 3.48. The monoisotopic (exact) mass is 519 g/mol. The Labute approximate surface area is 211 Å². The molecule has 192 valence electrons. The summed E-state index contributed by atoms with van der Waals surface area (Å²) in [5.41, 5.74) is -0.407. The van der Waals surface area contributed by atoms with Gasteiger partial charge >= 0.3 is 5.97 Å². The second-order valence-corrected chi connectivity index (χ2v) is 9.42. The molecule has 4 heterocycles. The molecule has 0 amide bonds. The van der Waals surface area contributed by atoms with Crippen LogP contribution >= 0.6 is 11.6 Å². The largest absolute Gasteiger partial charge is 0.479 e. The number of halogens is 1. The minimum absolute atomic E-state index is 0.00752. The predicted octanol–water partition coefficient (Wildman–Crippen LogP) is 1.31. The number of fused-ring (bicyclic) bond motifs is 1. The normalized spacial score (nSPS) is 24.9. The maximum Gasteiger partial charge on any atom is 0.333 e. The molecule has 1 fully saturated rings. The first-order chi connectivity index (χ1) is 17.0. The van der Waals surface area contributed by atoms with E-state index in [4.69, 9.17) is 32.0 Å². The second-order valence-electron chi connectivity index (χ2n) is 9.08. The summed E-state index contributed by atoms with van der Waals surface area (Å²) in [6.45, 7) is 5.30. The number of aliphatic carboxylic acids is 1. The van der Waals surface area contributed by atoms with E-state index in [1.807, 2.05) is 13.8 Å². The molecule has 0 aromatic carbocycles. The SMILES string of the molecule is C#C[C@@]1(O)[C@@H](COC(Cc2cc(C)on2)C(=O)O)O[C@@H](n2cnc3c(CC(C)C)nc(Cl)nc32)[C@@H]1O. The van der Waals surface area contributed by atoms with Crippen molar-refractivity contribution < 1.29 is 34.1 Å². The van der Waals surface area contributed by atoms with Crippen LogP contribution in [0.4, 0.5) is 0 Å². The molecule has 0 saturated carbocycles. The van der Waals surface area contributed by atoms with Crippen molar-refractivity contribution in [1.82, 2.24) is 24.7 Å². The maximum atomic E-state index is 11.7. The van der Waals surface area contributed by atoms with Crippen LogP contribution in [0.25, 0.3) is 11.2 Å². The van der Waals surface area contributed by atoms with Crippen LogP contribution < -0.4 is 0 Å². The number of aliphatic hydroxyl groups is 2. The first kappa shape index (κ1) is 26.0. The number of carboxylic acid groups (broad SMARTS) is 1. The summed E-state index contributed by atoms with van der Waals surface area (Å²) in [6.07, 6.45) is 2.05. The zero-order valence-corrected chi connectivity index (χ0v) is 20.6. The molecule has 1 aliphatic rings.